The maximum Gasteiger partial charge on any atom is 0.134 e. The second-order valence-corrected chi connectivity index (χ2v) is 8.50. The van der Waals surface area contributed by atoms with Gasteiger partial charge in [-0.2, -0.15) is 0 Å². The summed E-state index contributed by atoms with van der Waals surface area (Å²) in [6.07, 6.45) is 16.0. The van der Waals surface area contributed by atoms with Crippen LogP contribution in [0.2, 0.25) is 0 Å². The summed E-state index contributed by atoms with van der Waals surface area (Å²) in [6, 6.07) is 4.10. The van der Waals surface area contributed by atoms with Crippen LogP contribution in [0.5, 0.6) is 11.5 Å². The van der Waals surface area contributed by atoms with Gasteiger partial charge in [-0.05, 0) is 50.3 Å². The van der Waals surface area contributed by atoms with E-state index >= 15 is 0 Å². The van der Waals surface area contributed by atoms with Crippen LogP contribution in [-0.2, 0) is 6.42 Å². The number of ether oxygens (including phenoxy) is 1. The van der Waals surface area contributed by atoms with E-state index in [2.05, 4.69) is 32.6 Å². The van der Waals surface area contributed by atoms with Gasteiger partial charge in [-0.15, -0.1) is 0 Å². The average Bonchev–Trinajstić information content (AvgIpc) is 2.63. The molecule has 0 fully saturated rings. The smallest absolute Gasteiger partial charge is 0.134 e. The van der Waals surface area contributed by atoms with Crippen LogP contribution >= 0.6 is 0 Å². The lowest BCUT2D eigenvalue weighted by Crippen LogP contribution is -2.25. The number of unbranched alkanes of at least 4 members (excludes halogenated alkanes) is 7. The number of aryl methyl sites for hydroxylation is 1. The number of phenolic OH excluding ortho intramolecular Hbond substituents is 1. The van der Waals surface area contributed by atoms with E-state index in [9.17, 15) is 5.11 Å². The number of aromatic hydroxyl groups is 1. The molecule has 1 aromatic carbocycles. The zero-order valence-corrected chi connectivity index (χ0v) is 17.2. The number of fused-ring (bicyclic) bond motifs is 3. The van der Waals surface area contributed by atoms with Crippen molar-refractivity contribution in [3.05, 3.63) is 47.2 Å². The first-order chi connectivity index (χ1) is 13.1. The quantitative estimate of drug-likeness (QED) is 0.363. The highest BCUT2D eigenvalue weighted by atomic mass is 16.5. The molecule has 0 aromatic heterocycles. The lowest BCUT2D eigenvalue weighted by Gasteiger charge is -2.37. The predicted molar refractivity (Wildman–Crippen MR) is 113 cm³/mol. The van der Waals surface area contributed by atoms with Crippen LogP contribution in [0.4, 0.5) is 0 Å². The van der Waals surface area contributed by atoms with Gasteiger partial charge in [0.05, 0.1) is 0 Å². The molecule has 1 aliphatic carbocycles. The fraction of sp³-hybridized carbons (Fsp3) is 0.600. The number of allylic oxidation sites excluding steroid dienone is 3. The third kappa shape index (κ3) is 4.97. The summed E-state index contributed by atoms with van der Waals surface area (Å²) in [7, 11) is 0. The molecule has 0 radical (unpaired) electrons. The van der Waals surface area contributed by atoms with Crippen LogP contribution in [0.15, 0.2) is 36.1 Å². The zero-order valence-electron chi connectivity index (χ0n) is 17.2. The van der Waals surface area contributed by atoms with Gasteiger partial charge in [-0.1, -0.05) is 70.1 Å². The van der Waals surface area contributed by atoms with Crippen LogP contribution < -0.4 is 4.74 Å². The molecule has 0 saturated heterocycles. The molecule has 0 bridgehead atoms. The van der Waals surface area contributed by atoms with Gasteiger partial charge in [0, 0.05) is 17.4 Å². The highest BCUT2D eigenvalue weighted by Crippen LogP contribution is 2.51. The predicted octanol–water partition coefficient (Wildman–Crippen LogP) is 7.42. The fourth-order valence-electron chi connectivity index (χ4n) is 4.63. The number of phenols is 1. The third-order valence-corrected chi connectivity index (χ3v) is 6.23. The maximum atomic E-state index is 10.7. The van der Waals surface area contributed by atoms with Crippen LogP contribution in [-0.4, -0.2) is 5.11 Å². The van der Waals surface area contributed by atoms with Crippen molar-refractivity contribution in [1.29, 1.82) is 0 Å². The molecule has 2 heteroatoms. The molecule has 0 unspecified atom stereocenters. The molecule has 2 aliphatic rings. The highest BCUT2D eigenvalue weighted by Gasteiger charge is 2.36. The summed E-state index contributed by atoms with van der Waals surface area (Å²) in [4.78, 5) is 0. The molecule has 1 heterocycles. The van der Waals surface area contributed by atoms with E-state index < -0.39 is 0 Å². The van der Waals surface area contributed by atoms with Crippen molar-refractivity contribution in [2.24, 2.45) is 5.92 Å². The number of hydrogen-bond donors (Lipinski definition) is 1. The van der Waals surface area contributed by atoms with Crippen molar-refractivity contribution in [2.75, 3.05) is 0 Å². The molecule has 148 valence electrons. The van der Waals surface area contributed by atoms with Gasteiger partial charge in [-0.3, -0.25) is 0 Å². The van der Waals surface area contributed by atoms with Crippen LogP contribution in [0.1, 0.15) is 95.1 Å². The number of benzene rings is 1. The first-order valence-corrected chi connectivity index (χ1v) is 11.0. The molecular weight excluding hydrogens is 332 g/mol. The Morgan fingerprint density at radius 2 is 1.78 bits per heavy atom. The summed E-state index contributed by atoms with van der Waals surface area (Å²) in [5.74, 6) is 2.59. The SMILES string of the molecule is C=C1Oc2cc(CCCCCCCCCC)cc(O)c2[C@@H]2C=C(C)CC[C@@H]12. The largest absolute Gasteiger partial charge is 0.507 e. The number of rotatable bonds is 9. The standard InChI is InChI=1S/C25H36O2/c1-4-5-6-7-8-9-10-11-12-20-16-23(26)25-22-15-18(2)13-14-21(22)19(3)27-24(25)17-20/h15-17,21-22,26H,3-14H2,1-2H3/t21-,22+/m0/s1. The van der Waals surface area contributed by atoms with Gasteiger partial charge in [0.2, 0.25) is 0 Å². The summed E-state index contributed by atoms with van der Waals surface area (Å²) in [5.41, 5.74) is 3.55. The lowest BCUT2D eigenvalue weighted by molar-refractivity contribution is 0.275. The molecule has 2 atom stereocenters. The van der Waals surface area contributed by atoms with Gasteiger partial charge in [0.15, 0.2) is 0 Å². The molecule has 2 nitrogen and oxygen atoms in total. The second kappa shape index (κ2) is 9.48. The molecule has 0 saturated carbocycles. The molecule has 0 amide bonds. The summed E-state index contributed by atoms with van der Waals surface area (Å²) in [5, 5.41) is 10.7. The van der Waals surface area contributed by atoms with E-state index in [1.807, 2.05) is 6.07 Å². The maximum absolute atomic E-state index is 10.7. The van der Waals surface area contributed by atoms with Crippen molar-refractivity contribution < 1.29 is 9.84 Å². The summed E-state index contributed by atoms with van der Waals surface area (Å²) >= 11 is 0. The van der Waals surface area contributed by atoms with Gasteiger partial charge in [0.25, 0.3) is 0 Å². The van der Waals surface area contributed by atoms with Crippen LogP contribution in [0, 0.1) is 5.92 Å². The monoisotopic (exact) mass is 368 g/mol. The molecule has 1 N–H and O–H groups in total. The van der Waals surface area contributed by atoms with Gasteiger partial charge in [-0.25, -0.2) is 0 Å². The Labute approximate surface area is 165 Å². The van der Waals surface area contributed by atoms with E-state index in [1.54, 1.807) is 0 Å². The van der Waals surface area contributed by atoms with Gasteiger partial charge in [0.1, 0.15) is 17.3 Å². The van der Waals surface area contributed by atoms with Crippen molar-refractivity contribution >= 4 is 0 Å². The molecule has 0 spiro atoms. The van der Waals surface area contributed by atoms with Crippen molar-refractivity contribution in [3.63, 3.8) is 0 Å². The topological polar surface area (TPSA) is 29.5 Å². The normalized spacial score (nSPS) is 21.3. The second-order valence-electron chi connectivity index (χ2n) is 8.50. The first-order valence-electron chi connectivity index (χ1n) is 11.0. The first kappa shape index (κ1) is 20.0. The van der Waals surface area contributed by atoms with Crippen molar-refractivity contribution in [1.82, 2.24) is 0 Å². The molecule has 1 aliphatic heterocycles. The molecular formula is C25H36O2. The Morgan fingerprint density at radius 1 is 1.07 bits per heavy atom. The van der Waals surface area contributed by atoms with Crippen LogP contribution in [0.25, 0.3) is 0 Å². The summed E-state index contributed by atoms with van der Waals surface area (Å²) in [6.45, 7) is 8.61. The minimum atomic E-state index is 0.215. The summed E-state index contributed by atoms with van der Waals surface area (Å²) < 4.78 is 6.06. The highest BCUT2D eigenvalue weighted by molar-refractivity contribution is 5.54. The average molecular weight is 369 g/mol. The van der Waals surface area contributed by atoms with E-state index in [1.165, 1.54) is 62.5 Å². The van der Waals surface area contributed by atoms with Crippen molar-refractivity contribution in [3.8, 4) is 11.5 Å². The van der Waals surface area contributed by atoms with E-state index in [4.69, 9.17) is 4.74 Å². The fourth-order valence-corrected chi connectivity index (χ4v) is 4.63. The molecule has 1 aromatic rings. The minimum Gasteiger partial charge on any atom is -0.507 e. The Morgan fingerprint density at radius 3 is 2.52 bits per heavy atom. The van der Waals surface area contributed by atoms with E-state index in [0.717, 1.165) is 36.3 Å². The third-order valence-electron chi connectivity index (χ3n) is 6.23. The minimum absolute atomic E-state index is 0.215. The zero-order chi connectivity index (χ0) is 19.2. The number of hydrogen-bond acceptors (Lipinski definition) is 2. The van der Waals surface area contributed by atoms with Crippen LogP contribution in [0.3, 0.4) is 0 Å². The molecule has 3 rings (SSSR count). The van der Waals surface area contributed by atoms with E-state index in [0.29, 0.717) is 11.7 Å². The van der Waals surface area contributed by atoms with Gasteiger partial charge < -0.3 is 9.84 Å². The Hall–Kier alpha value is -1.70. The Kier molecular flexibility index (Phi) is 7.04. The molecule has 27 heavy (non-hydrogen) atoms. The Bertz CT molecular complexity index is 686. The Balaban J connectivity index is 1.59. The van der Waals surface area contributed by atoms with E-state index in [-0.39, 0.29) is 5.92 Å². The lowest BCUT2D eigenvalue weighted by atomic mass is 9.74. The van der Waals surface area contributed by atoms with Crippen molar-refractivity contribution in [2.45, 2.75) is 90.4 Å². The van der Waals surface area contributed by atoms with Gasteiger partial charge >= 0.3 is 0 Å².